The van der Waals surface area contributed by atoms with Crippen molar-refractivity contribution in [2.24, 2.45) is 0 Å². The normalized spacial score (nSPS) is 11.4. The highest BCUT2D eigenvalue weighted by Gasteiger charge is 2.14. The van der Waals surface area contributed by atoms with Crippen LogP contribution in [0.1, 0.15) is 213 Å². The first-order valence-electron chi connectivity index (χ1n) is 21.8. The van der Waals surface area contributed by atoms with Gasteiger partial charge in [-0.25, -0.2) is 0 Å². The Hall–Kier alpha value is -1.67. The molecule has 0 fully saturated rings. The number of hydrogen-bond donors (Lipinski definition) is 1. The van der Waals surface area contributed by atoms with Gasteiger partial charge in [0.2, 0.25) is 0 Å². The lowest BCUT2D eigenvalue weighted by Crippen LogP contribution is -2.29. The van der Waals surface area contributed by atoms with E-state index in [1.165, 1.54) is 77.0 Å². The largest absolute Gasteiger partial charge is 0.466 e. The molecule has 0 radical (unpaired) electrons. The minimum Gasteiger partial charge on any atom is -0.466 e. The van der Waals surface area contributed by atoms with E-state index >= 15 is 0 Å². The molecule has 0 aromatic carbocycles. The van der Waals surface area contributed by atoms with E-state index in [1.807, 2.05) is 0 Å². The van der Waals surface area contributed by atoms with Crippen LogP contribution in [0.2, 0.25) is 0 Å². The Morgan fingerprint density at radius 1 is 0.451 bits per heavy atom. The summed E-state index contributed by atoms with van der Waals surface area (Å²) in [7, 11) is 0. The molecular formula is C43H83NO7. The number of aliphatic hydroxyl groups excluding tert-OH is 1. The van der Waals surface area contributed by atoms with Crippen LogP contribution in [0.5, 0.6) is 0 Å². The molecule has 0 spiro atoms. The predicted molar refractivity (Wildman–Crippen MR) is 211 cm³/mol. The molecule has 0 bridgehead atoms. The van der Waals surface area contributed by atoms with E-state index < -0.39 is 0 Å². The summed E-state index contributed by atoms with van der Waals surface area (Å²) in [6.07, 6.45) is 31.6. The molecule has 51 heavy (non-hydrogen) atoms. The third kappa shape index (κ3) is 36.5. The van der Waals surface area contributed by atoms with E-state index in [2.05, 4.69) is 25.7 Å². The van der Waals surface area contributed by atoms with Crippen molar-refractivity contribution in [3.05, 3.63) is 0 Å². The molecular weight excluding hydrogens is 642 g/mol. The lowest BCUT2D eigenvalue weighted by molar-refractivity contribution is -0.150. The number of esters is 3. The number of carbonyl (C=O) groups is 3. The SMILES string of the molecule is CCCCCCCCC(CCCCCCCC)OC(=O)CCCCCCCN(CCO)CCCCCCOC(=O)CCC(=O)OCCCCCC. The highest BCUT2D eigenvalue weighted by Crippen LogP contribution is 2.18. The molecule has 302 valence electrons. The van der Waals surface area contributed by atoms with Gasteiger partial charge in [0, 0.05) is 13.0 Å². The molecule has 8 heteroatoms. The summed E-state index contributed by atoms with van der Waals surface area (Å²) in [4.78, 5) is 38.7. The van der Waals surface area contributed by atoms with Crippen LogP contribution in [0.3, 0.4) is 0 Å². The summed E-state index contributed by atoms with van der Waals surface area (Å²) in [5.41, 5.74) is 0. The van der Waals surface area contributed by atoms with Crippen LogP contribution < -0.4 is 0 Å². The average molecular weight is 726 g/mol. The number of unbranched alkanes of at least 4 members (excludes halogenated alkanes) is 20. The summed E-state index contributed by atoms with van der Waals surface area (Å²) >= 11 is 0. The number of ether oxygens (including phenoxy) is 3. The standard InChI is InChI=1S/C43H83NO7/c1-4-7-10-13-16-22-29-40(30-23-17-14-11-8-5-2)51-43(48)31-24-18-15-19-25-34-44(36-37-45)35-26-20-21-28-39-50-42(47)33-32-41(46)49-38-27-12-9-6-3/h40,45H,4-39H2,1-3H3. The van der Waals surface area contributed by atoms with Gasteiger partial charge in [-0.05, 0) is 70.9 Å². The third-order valence-electron chi connectivity index (χ3n) is 9.75. The highest BCUT2D eigenvalue weighted by molar-refractivity contribution is 5.77. The van der Waals surface area contributed by atoms with Gasteiger partial charge in [-0.2, -0.15) is 0 Å². The van der Waals surface area contributed by atoms with Crippen LogP contribution in [0.25, 0.3) is 0 Å². The maximum absolute atomic E-state index is 12.7. The zero-order valence-corrected chi connectivity index (χ0v) is 33.9. The Morgan fingerprint density at radius 2 is 0.843 bits per heavy atom. The van der Waals surface area contributed by atoms with Gasteiger partial charge in [-0.15, -0.1) is 0 Å². The first kappa shape index (κ1) is 49.3. The lowest BCUT2D eigenvalue weighted by atomic mass is 10.0. The number of nitrogens with zero attached hydrogens (tertiary/aromatic N) is 1. The summed E-state index contributed by atoms with van der Waals surface area (Å²) in [5, 5.41) is 9.52. The van der Waals surface area contributed by atoms with Gasteiger partial charge in [-0.3, -0.25) is 14.4 Å². The Kier molecular flexibility index (Phi) is 38.2. The molecule has 8 nitrogen and oxygen atoms in total. The minimum atomic E-state index is -0.335. The van der Waals surface area contributed by atoms with Gasteiger partial charge in [0.1, 0.15) is 6.10 Å². The fourth-order valence-electron chi connectivity index (χ4n) is 6.46. The van der Waals surface area contributed by atoms with Crippen LogP contribution in [-0.4, -0.2) is 73.5 Å². The first-order valence-corrected chi connectivity index (χ1v) is 21.8. The van der Waals surface area contributed by atoms with Crippen LogP contribution in [-0.2, 0) is 28.6 Å². The van der Waals surface area contributed by atoms with Crippen molar-refractivity contribution in [2.75, 3.05) is 39.5 Å². The quantitative estimate of drug-likeness (QED) is 0.0378. The van der Waals surface area contributed by atoms with E-state index in [4.69, 9.17) is 14.2 Å². The first-order chi connectivity index (χ1) is 25.0. The Bertz CT molecular complexity index is 761. The van der Waals surface area contributed by atoms with Gasteiger partial charge in [0.05, 0.1) is 32.7 Å². The molecule has 0 aliphatic heterocycles. The Balaban J connectivity index is 3.99. The minimum absolute atomic E-state index is 0.00496. The monoisotopic (exact) mass is 726 g/mol. The smallest absolute Gasteiger partial charge is 0.306 e. The summed E-state index contributed by atoms with van der Waals surface area (Å²) in [6, 6.07) is 0. The lowest BCUT2D eigenvalue weighted by Gasteiger charge is -2.21. The van der Waals surface area contributed by atoms with E-state index in [1.54, 1.807) is 0 Å². The van der Waals surface area contributed by atoms with Crippen molar-refractivity contribution in [3.8, 4) is 0 Å². The molecule has 0 atom stereocenters. The third-order valence-corrected chi connectivity index (χ3v) is 9.75. The number of rotatable bonds is 40. The van der Waals surface area contributed by atoms with Crippen LogP contribution >= 0.6 is 0 Å². The van der Waals surface area contributed by atoms with Crippen LogP contribution in [0.4, 0.5) is 0 Å². The number of hydrogen-bond acceptors (Lipinski definition) is 8. The zero-order chi connectivity index (χ0) is 37.5. The van der Waals surface area contributed by atoms with Gasteiger partial charge >= 0.3 is 17.9 Å². The number of carbonyl (C=O) groups excluding carboxylic acids is 3. The molecule has 0 aliphatic rings. The van der Waals surface area contributed by atoms with Crippen molar-refractivity contribution in [1.82, 2.24) is 4.90 Å². The fourth-order valence-corrected chi connectivity index (χ4v) is 6.46. The highest BCUT2D eigenvalue weighted by atomic mass is 16.5. The van der Waals surface area contributed by atoms with E-state index in [9.17, 15) is 19.5 Å². The molecule has 0 aliphatic carbocycles. The summed E-state index contributed by atoms with van der Waals surface area (Å²) < 4.78 is 16.4. The van der Waals surface area contributed by atoms with Crippen LogP contribution in [0, 0.1) is 0 Å². The molecule has 0 rings (SSSR count). The maximum atomic E-state index is 12.7. The zero-order valence-electron chi connectivity index (χ0n) is 33.9. The van der Waals surface area contributed by atoms with Gasteiger partial charge in [0.25, 0.3) is 0 Å². The second-order valence-corrected chi connectivity index (χ2v) is 14.7. The van der Waals surface area contributed by atoms with E-state index in [0.29, 0.717) is 26.2 Å². The van der Waals surface area contributed by atoms with Crippen molar-refractivity contribution >= 4 is 17.9 Å². The van der Waals surface area contributed by atoms with Crippen molar-refractivity contribution < 1.29 is 33.7 Å². The Labute approximate surface area is 314 Å². The molecule has 0 amide bonds. The molecule has 0 saturated heterocycles. The maximum Gasteiger partial charge on any atom is 0.306 e. The molecule has 0 aromatic rings. The average Bonchev–Trinajstić information content (AvgIpc) is 3.12. The Morgan fingerprint density at radius 3 is 1.31 bits per heavy atom. The van der Waals surface area contributed by atoms with Gasteiger partial charge < -0.3 is 24.2 Å². The second kappa shape index (κ2) is 39.5. The van der Waals surface area contributed by atoms with Crippen molar-refractivity contribution in [3.63, 3.8) is 0 Å². The second-order valence-electron chi connectivity index (χ2n) is 14.7. The number of aliphatic hydroxyl groups is 1. The van der Waals surface area contributed by atoms with Crippen molar-refractivity contribution in [1.29, 1.82) is 0 Å². The molecule has 1 N–H and O–H groups in total. The van der Waals surface area contributed by atoms with Crippen LogP contribution in [0.15, 0.2) is 0 Å². The van der Waals surface area contributed by atoms with E-state index in [-0.39, 0.29) is 43.5 Å². The van der Waals surface area contributed by atoms with Crippen molar-refractivity contribution in [2.45, 2.75) is 219 Å². The predicted octanol–water partition coefficient (Wildman–Crippen LogP) is 11.0. The molecule has 0 unspecified atom stereocenters. The fraction of sp³-hybridized carbons (Fsp3) is 0.930. The topological polar surface area (TPSA) is 102 Å². The summed E-state index contributed by atoms with van der Waals surface area (Å²) in [6.45, 7) is 10.3. The van der Waals surface area contributed by atoms with Gasteiger partial charge in [0.15, 0.2) is 0 Å². The molecule has 0 heterocycles. The van der Waals surface area contributed by atoms with E-state index in [0.717, 1.165) is 109 Å². The molecule has 0 saturated carbocycles. The molecule has 0 aromatic heterocycles. The summed E-state index contributed by atoms with van der Waals surface area (Å²) in [5.74, 6) is -0.665. The van der Waals surface area contributed by atoms with Gasteiger partial charge in [-0.1, -0.05) is 136 Å².